The summed E-state index contributed by atoms with van der Waals surface area (Å²) in [5, 5.41) is 12.6. The van der Waals surface area contributed by atoms with Crippen molar-refractivity contribution in [1.29, 1.82) is 0 Å². The summed E-state index contributed by atoms with van der Waals surface area (Å²) >= 11 is 12.9. The molecule has 7 heteroatoms. The van der Waals surface area contributed by atoms with Gasteiger partial charge >= 0.3 is 0 Å². The van der Waals surface area contributed by atoms with Gasteiger partial charge in [-0.3, -0.25) is 15.0 Å². The molecule has 1 aliphatic rings. The fraction of sp³-hybridized carbons (Fsp3) is 0.238. The maximum Gasteiger partial charge on any atom is 0.269 e. The average molecular weight is 416 g/mol. The molecule has 1 atom stereocenters. The Labute approximate surface area is 173 Å². The molecule has 0 saturated carbocycles. The highest BCUT2D eigenvalue weighted by Gasteiger charge is 2.30. The van der Waals surface area contributed by atoms with Crippen LogP contribution in [-0.2, 0) is 13.1 Å². The van der Waals surface area contributed by atoms with Gasteiger partial charge in [0.1, 0.15) is 0 Å². The van der Waals surface area contributed by atoms with E-state index in [1.807, 2.05) is 36.5 Å². The molecule has 3 aromatic rings. The normalized spacial score (nSPS) is 17.1. The van der Waals surface area contributed by atoms with Crippen molar-refractivity contribution < 1.29 is 4.92 Å². The molecule has 2 aromatic carbocycles. The molecule has 4 rings (SSSR count). The van der Waals surface area contributed by atoms with E-state index in [2.05, 4.69) is 15.5 Å². The molecular weight excluding hydrogens is 397 g/mol. The molecule has 0 spiro atoms. The summed E-state index contributed by atoms with van der Waals surface area (Å²) in [6, 6.07) is 16.3. The molecule has 2 heterocycles. The van der Waals surface area contributed by atoms with Gasteiger partial charge in [0.05, 0.1) is 11.0 Å². The van der Waals surface area contributed by atoms with Gasteiger partial charge < -0.3 is 4.57 Å². The number of aromatic nitrogens is 1. The summed E-state index contributed by atoms with van der Waals surface area (Å²) < 4.78 is 2.20. The Kier molecular flexibility index (Phi) is 5.40. The van der Waals surface area contributed by atoms with Gasteiger partial charge in [-0.2, -0.15) is 0 Å². The Morgan fingerprint density at radius 3 is 2.64 bits per heavy atom. The molecule has 5 nitrogen and oxygen atoms in total. The first-order valence-electron chi connectivity index (χ1n) is 9.11. The van der Waals surface area contributed by atoms with Gasteiger partial charge in [0.25, 0.3) is 5.69 Å². The molecule has 0 aliphatic carbocycles. The lowest BCUT2D eigenvalue weighted by Gasteiger charge is -2.31. The fourth-order valence-corrected chi connectivity index (χ4v) is 4.28. The predicted molar refractivity (Wildman–Crippen MR) is 111 cm³/mol. The van der Waals surface area contributed by atoms with Crippen LogP contribution < -0.4 is 0 Å². The van der Waals surface area contributed by atoms with E-state index in [4.69, 9.17) is 23.2 Å². The van der Waals surface area contributed by atoms with Crippen molar-refractivity contribution in [2.24, 2.45) is 0 Å². The number of nitro benzene ring substituents is 1. The minimum atomic E-state index is -0.381. The van der Waals surface area contributed by atoms with E-state index < -0.39 is 0 Å². The molecule has 1 aliphatic heterocycles. The smallest absolute Gasteiger partial charge is 0.269 e. The quantitative estimate of drug-likeness (QED) is 0.405. The molecule has 0 radical (unpaired) electrons. The number of non-ortho nitro benzene ring substituents is 1. The van der Waals surface area contributed by atoms with Crippen molar-refractivity contribution >= 4 is 28.9 Å². The highest BCUT2D eigenvalue weighted by molar-refractivity contribution is 6.31. The maximum atomic E-state index is 11.4. The van der Waals surface area contributed by atoms with Crippen LogP contribution in [-0.4, -0.2) is 20.9 Å². The number of halogens is 2. The van der Waals surface area contributed by atoms with Gasteiger partial charge in [-0.1, -0.05) is 41.4 Å². The number of nitro groups is 1. The molecule has 0 fully saturated rings. The van der Waals surface area contributed by atoms with Crippen LogP contribution in [0.2, 0.25) is 10.0 Å². The third-order valence-corrected chi connectivity index (χ3v) is 5.88. The average Bonchev–Trinajstić information content (AvgIpc) is 3.06. The first kappa shape index (κ1) is 19.0. The number of hydrogen-bond donors (Lipinski definition) is 0. The summed E-state index contributed by atoms with van der Waals surface area (Å²) in [4.78, 5) is 13.3. The Morgan fingerprint density at radius 1 is 1.04 bits per heavy atom. The van der Waals surface area contributed by atoms with Crippen molar-refractivity contribution in [2.45, 2.75) is 25.6 Å². The third-order valence-electron chi connectivity index (χ3n) is 5.17. The number of benzene rings is 2. The van der Waals surface area contributed by atoms with Crippen molar-refractivity contribution in [1.82, 2.24) is 9.47 Å². The Balaban J connectivity index is 1.83. The van der Waals surface area contributed by atoms with E-state index >= 15 is 0 Å². The summed E-state index contributed by atoms with van der Waals surface area (Å²) in [6.45, 7) is 2.36. The summed E-state index contributed by atoms with van der Waals surface area (Å²) in [7, 11) is 0. The molecule has 28 heavy (non-hydrogen) atoms. The van der Waals surface area contributed by atoms with Gasteiger partial charge in [0.2, 0.25) is 0 Å². The second kappa shape index (κ2) is 7.95. The zero-order chi connectivity index (χ0) is 19.7. The van der Waals surface area contributed by atoms with Gasteiger partial charge in [0.15, 0.2) is 0 Å². The lowest BCUT2D eigenvalue weighted by Crippen LogP contribution is -2.30. The molecule has 0 N–H and O–H groups in total. The van der Waals surface area contributed by atoms with Crippen LogP contribution >= 0.6 is 23.2 Å². The first-order chi connectivity index (χ1) is 13.5. The van der Waals surface area contributed by atoms with Crippen molar-refractivity contribution in [3.05, 3.63) is 97.8 Å². The lowest BCUT2D eigenvalue weighted by atomic mass is 10.00. The van der Waals surface area contributed by atoms with Crippen LogP contribution in [0.1, 0.15) is 29.3 Å². The van der Waals surface area contributed by atoms with E-state index in [-0.39, 0.29) is 16.7 Å². The Bertz CT molecular complexity index is 1020. The monoisotopic (exact) mass is 415 g/mol. The second-order valence-corrected chi connectivity index (χ2v) is 7.72. The summed E-state index contributed by atoms with van der Waals surface area (Å²) in [5.41, 5.74) is 2.88. The zero-order valence-electron chi connectivity index (χ0n) is 15.1. The molecule has 144 valence electrons. The predicted octanol–water partition coefficient (Wildman–Crippen LogP) is 5.70. The van der Waals surface area contributed by atoms with Gasteiger partial charge in [0, 0.05) is 59.3 Å². The van der Waals surface area contributed by atoms with E-state index in [1.54, 1.807) is 12.1 Å². The number of nitrogens with zero attached hydrogens (tertiary/aromatic N) is 3. The van der Waals surface area contributed by atoms with Crippen LogP contribution in [0, 0.1) is 10.1 Å². The van der Waals surface area contributed by atoms with E-state index in [1.165, 1.54) is 6.07 Å². The SMILES string of the molecule is O=[N+]([O-])c1ccc(Cl)c([C@H]2c3cccn3CCCN2Cc2ccccc2Cl)c1. The largest absolute Gasteiger partial charge is 0.350 e. The number of rotatable bonds is 4. The lowest BCUT2D eigenvalue weighted by molar-refractivity contribution is -0.384. The minimum Gasteiger partial charge on any atom is -0.350 e. The fourth-order valence-electron chi connectivity index (χ4n) is 3.87. The van der Waals surface area contributed by atoms with Crippen LogP contribution in [0.4, 0.5) is 5.69 Å². The van der Waals surface area contributed by atoms with Crippen LogP contribution in [0.25, 0.3) is 0 Å². The molecule has 0 amide bonds. The zero-order valence-corrected chi connectivity index (χ0v) is 16.6. The third kappa shape index (κ3) is 3.65. The van der Waals surface area contributed by atoms with E-state index in [0.717, 1.165) is 36.3 Å². The van der Waals surface area contributed by atoms with Crippen LogP contribution in [0.5, 0.6) is 0 Å². The van der Waals surface area contributed by atoms with Gasteiger partial charge in [-0.05, 0) is 36.2 Å². The highest BCUT2D eigenvalue weighted by atomic mass is 35.5. The van der Waals surface area contributed by atoms with E-state index in [9.17, 15) is 10.1 Å². The van der Waals surface area contributed by atoms with Gasteiger partial charge in [-0.25, -0.2) is 0 Å². The molecule has 1 aromatic heterocycles. The van der Waals surface area contributed by atoms with Crippen LogP contribution in [0.15, 0.2) is 60.8 Å². The number of hydrogen-bond acceptors (Lipinski definition) is 3. The summed E-state index contributed by atoms with van der Waals surface area (Å²) in [5.74, 6) is 0. The van der Waals surface area contributed by atoms with Crippen molar-refractivity contribution in [2.75, 3.05) is 6.54 Å². The Hall–Kier alpha value is -2.34. The molecule has 0 unspecified atom stereocenters. The standard InChI is InChI=1S/C21H19Cl2N3O2/c22-18-6-2-1-5-15(18)14-25-12-4-11-24-10-3-7-20(24)21(25)17-13-16(26(27)28)8-9-19(17)23/h1-3,5-10,13,21H,4,11-12,14H2/t21-/m0/s1. The topological polar surface area (TPSA) is 51.3 Å². The highest BCUT2D eigenvalue weighted by Crippen LogP contribution is 2.38. The van der Waals surface area contributed by atoms with Crippen molar-refractivity contribution in [3.63, 3.8) is 0 Å². The van der Waals surface area contributed by atoms with Crippen molar-refractivity contribution in [3.8, 4) is 0 Å². The van der Waals surface area contributed by atoms with Gasteiger partial charge in [-0.15, -0.1) is 0 Å². The minimum absolute atomic E-state index is 0.0412. The molecule has 0 bridgehead atoms. The van der Waals surface area contributed by atoms with Crippen LogP contribution in [0.3, 0.4) is 0 Å². The molecular formula is C21H19Cl2N3O2. The number of fused-ring (bicyclic) bond motifs is 1. The molecule has 0 saturated heterocycles. The van der Waals surface area contributed by atoms with E-state index in [0.29, 0.717) is 16.6 Å². The second-order valence-electron chi connectivity index (χ2n) is 6.91. The first-order valence-corrected chi connectivity index (χ1v) is 9.86. The maximum absolute atomic E-state index is 11.4. The Morgan fingerprint density at radius 2 is 1.86 bits per heavy atom. The summed E-state index contributed by atoms with van der Waals surface area (Å²) in [6.07, 6.45) is 3.02. The number of aryl methyl sites for hydroxylation is 1.